The lowest BCUT2D eigenvalue weighted by Gasteiger charge is -2.35. The molecule has 5 heteroatoms. The van der Waals surface area contributed by atoms with Crippen molar-refractivity contribution in [3.05, 3.63) is 29.3 Å². The molecule has 2 atom stereocenters. The van der Waals surface area contributed by atoms with Crippen LogP contribution in [0.4, 0.5) is 5.69 Å². The van der Waals surface area contributed by atoms with E-state index < -0.39 is 0 Å². The molecule has 4 nitrogen and oxygen atoms in total. The Labute approximate surface area is 125 Å². The van der Waals surface area contributed by atoms with Gasteiger partial charge in [-0.05, 0) is 26.0 Å². The lowest BCUT2D eigenvalue weighted by Crippen LogP contribution is -2.46. The first-order valence-electron chi connectivity index (χ1n) is 6.97. The van der Waals surface area contributed by atoms with Gasteiger partial charge in [-0.1, -0.05) is 23.7 Å². The van der Waals surface area contributed by atoms with Gasteiger partial charge in [0.1, 0.15) is 0 Å². The average molecular weight is 297 g/mol. The fraction of sp³-hybridized carbons (Fsp3) is 0.533. The molecule has 1 fully saturated rings. The number of morpholine rings is 1. The van der Waals surface area contributed by atoms with Crippen LogP contribution in [-0.4, -0.2) is 42.6 Å². The summed E-state index contributed by atoms with van der Waals surface area (Å²) in [6.07, 6.45) is 0.917. The minimum Gasteiger partial charge on any atom is -0.373 e. The minimum absolute atomic E-state index is 0.00935. The van der Waals surface area contributed by atoms with Crippen molar-refractivity contribution in [3.8, 4) is 0 Å². The van der Waals surface area contributed by atoms with E-state index in [1.807, 2.05) is 12.1 Å². The van der Waals surface area contributed by atoms with Gasteiger partial charge in [0.2, 0.25) is 5.91 Å². The van der Waals surface area contributed by atoms with Crippen LogP contribution < -0.4 is 5.32 Å². The summed E-state index contributed by atoms with van der Waals surface area (Å²) in [7, 11) is 0. The minimum atomic E-state index is -0.00935. The Balaban J connectivity index is 1.79. The number of nitrogens with zero attached hydrogens (tertiary/aromatic N) is 1. The Morgan fingerprint density at radius 3 is 2.65 bits per heavy atom. The van der Waals surface area contributed by atoms with E-state index in [4.69, 9.17) is 16.3 Å². The largest absolute Gasteiger partial charge is 0.373 e. The third kappa shape index (κ3) is 4.47. The van der Waals surface area contributed by atoms with Gasteiger partial charge in [-0.2, -0.15) is 0 Å². The van der Waals surface area contributed by atoms with Gasteiger partial charge in [-0.25, -0.2) is 0 Å². The lowest BCUT2D eigenvalue weighted by atomic mass is 10.2. The van der Waals surface area contributed by atoms with Crippen LogP contribution >= 0.6 is 11.6 Å². The van der Waals surface area contributed by atoms with Crippen molar-refractivity contribution in [2.75, 3.05) is 25.0 Å². The van der Waals surface area contributed by atoms with E-state index >= 15 is 0 Å². The molecule has 0 spiro atoms. The average Bonchev–Trinajstić information content (AvgIpc) is 2.38. The van der Waals surface area contributed by atoms with E-state index in [9.17, 15) is 4.79 Å². The monoisotopic (exact) mass is 296 g/mol. The van der Waals surface area contributed by atoms with Crippen molar-refractivity contribution >= 4 is 23.2 Å². The number of para-hydroxylation sites is 1. The van der Waals surface area contributed by atoms with Crippen molar-refractivity contribution < 1.29 is 9.53 Å². The first kappa shape index (κ1) is 15.3. The standard InChI is InChI=1S/C15H21ClN2O2/c1-11-9-18(10-12(2)20-11)8-7-15(19)17-14-6-4-3-5-13(14)16/h3-6,11-12H,7-10H2,1-2H3,(H,17,19)/t11-,12-/m0/s1. The maximum atomic E-state index is 11.9. The second kappa shape index (κ2) is 7.07. The number of rotatable bonds is 4. The highest BCUT2D eigenvalue weighted by Gasteiger charge is 2.22. The Hall–Kier alpha value is -1.10. The zero-order valence-electron chi connectivity index (χ0n) is 11.9. The molecule has 0 bridgehead atoms. The number of carbonyl (C=O) groups is 1. The molecule has 1 aromatic rings. The number of halogens is 1. The summed E-state index contributed by atoms with van der Waals surface area (Å²) >= 11 is 6.01. The number of anilines is 1. The van der Waals surface area contributed by atoms with Gasteiger partial charge in [-0.15, -0.1) is 0 Å². The zero-order valence-corrected chi connectivity index (χ0v) is 12.7. The normalized spacial score (nSPS) is 23.6. The van der Waals surface area contributed by atoms with Crippen molar-refractivity contribution in [1.29, 1.82) is 0 Å². The Morgan fingerprint density at radius 2 is 2.00 bits per heavy atom. The summed E-state index contributed by atoms with van der Waals surface area (Å²) < 4.78 is 5.67. The van der Waals surface area contributed by atoms with Crippen LogP contribution in [0.25, 0.3) is 0 Å². The number of hydrogen-bond acceptors (Lipinski definition) is 3. The van der Waals surface area contributed by atoms with Crippen LogP contribution in [-0.2, 0) is 9.53 Å². The van der Waals surface area contributed by atoms with Crippen LogP contribution in [0.15, 0.2) is 24.3 Å². The van der Waals surface area contributed by atoms with Gasteiger partial charge in [0.15, 0.2) is 0 Å². The first-order valence-corrected chi connectivity index (χ1v) is 7.34. The van der Waals surface area contributed by atoms with E-state index in [1.165, 1.54) is 0 Å². The topological polar surface area (TPSA) is 41.6 Å². The van der Waals surface area contributed by atoms with Crippen LogP contribution in [0.1, 0.15) is 20.3 Å². The van der Waals surface area contributed by atoms with Gasteiger partial charge < -0.3 is 10.1 Å². The Kier molecular flexibility index (Phi) is 5.40. The molecule has 1 N–H and O–H groups in total. The number of ether oxygens (including phenoxy) is 1. The SMILES string of the molecule is C[C@H]1CN(CCC(=O)Nc2ccccc2Cl)C[C@H](C)O1. The molecule has 1 aliphatic rings. The highest BCUT2D eigenvalue weighted by Crippen LogP contribution is 2.20. The Bertz CT molecular complexity index is 457. The second-order valence-electron chi connectivity index (χ2n) is 5.29. The number of benzene rings is 1. The van der Waals surface area contributed by atoms with Crippen molar-refractivity contribution in [2.24, 2.45) is 0 Å². The fourth-order valence-corrected chi connectivity index (χ4v) is 2.68. The molecule has 0 unspecified atom stereocenters. The fourth-order valence-electron chi connectivity index (χ4n) is 2.50. The lowest BCUT2D eigenvalue weighted by molar-refractivity contribution is -0.117. The zero-order chi connectivity index (χ0) is 14.5. The maximum absolute atomic E-state index is 11.9. The first-order chi connectivity index (χ1) is 9.54. The smallest absolute Gasteiger partial charge is 0.225 e. The molecule has 1 amide bonds. The van der Waals surface area contributed by atoms with Gasteiger partial charge in [0, 0.05) is 26.1 Å². The summed E-state index contributed by atoms with van der Waals surface area (Å²) in [6, 6.07) is 7.27. The molecular formula is C15H21ClN2O2. The van der Waals surface area contributed by atoms with Crippen LogP contribution in [0.3, 0.4) is 0 Å². The molecule has 110 valence electrons. The summed E-state index contributed by atoms with van der Waals surface area (Å²) in [4.78, 5) is 14.2. The van der Waals surface area contributed by atoms with Gasteiger partial charge in [-0.3, -0.25) is 9.69 Å². The quantitative estimate of drug-likeness (QED) is 0.929. The number of nitrogens with one attached hydrogen (secondary N) is 1. The molecule has 20 heavy (non-hydrogen) atoms. The molecule has 0 saturated carbocycles. The van der Waals surface area contributed by atoms with Crippen molar-refractivity contribution in [1.82, 2.24) is 4.90 Å². The molecule has 0 radical (unpaired) electrons. The van der Waals surface area contributed by atoms with Crippen LogP contribution in [0, 0.1) is 0 Å². The van der Waals surface area contributed by atoms with Gasteiger partial charge in [0.25, 0.3) is 0 Å². The van der Waals surface area contributed by atoms with E-state index in [1.54, 1.807) is 12.1 Å². The molecule has 0 aliphatic carbocycles. The van der Waals surface area contributed by atoms with Crippen LogP contribution in [0.2, 0.25) is 5.02 Å². The molecule has 0 aromatic heterocycles. The predicted octanol–water partition coefficient (Wildman–Crippen LogP) is 2.78. The van der Waals surface area contributed by atoms with E-state index in [0.29, 0.717) is 17.1 Å². The third-order valence-corrected chi connectivity index (χ3v) is 3.63. The molecular weight excluding hydrogens is 276 g/mol. The highest BCUT2D eigenvalue weighted by molar-refractivity contribution is 6.33. The third-order valence-electron chi connectivity index (χ3n) is 3.30. The van der Waals surface area contributed by atoms with E-state index in [0.717, 1.165) is 19.6 Å². The van der Waals surface area contributed by atoms with E-state index in [2.05, 4.69) is 24.1 Å². The van der Waals surface area contributed by atoms with E-state index in [-0.39, 0.29) is 18.1 Å². The summed E-state index contributed by atoms with van der Waals surface area (Å²) in [6.45, 7) is 6.63. The number of hydrogen-bond donors (Lipinski definition) is 1. The highest BCUT2D eigenvalue weighted by atomic mass is 35.5. The molecule has 1 aromatic carbocycles. The van der Waals surface area contributed by atoms with Crippen molar-refractivity contribution in [2.45, 2.75) is 32.5 Å². The van der Waals surface area contributed by atoms with Crippen molar-refractivity contribution in [3.63, 3.8) is 0 Å². The molecule has 1 saturated heterocycles. The maximum Gasteiger partial charge on any atom is 0.225 e. The molecule has 2 rings (SSSR count). The van der Waals surface area contributed by atoms with Crippen LogP contribution in [0.5, 0.6) is 0 Å². The molecule has 1 aliphatic heterocycles. The second-order valence-corrected chi connectivity index (χ2v) is 5.70. The molecule has 1 heterocycles. The number of amides is 1. The van der Waals surface area contributed by atoms with Gasteiger partial charge >= 0.3 is 0 Å². The van der Waals surface area contributed by atoms with Gasteiger partial charge in [0.05, 0.1) is 22.9 Å². The summed E-state index contributed by atoms with van der Waals surface area (Å²) in [5.41, 5.74) is 0.669. The Morgan fingerprint density at radius 1 is 1.35 bits per heavy atom. The summed E-state index contributed by atoms with van der Waals surface area (Å²) in [5.74, 6) is -0.00935. The summed E-state index contributed by atoms with van der Waals surface area (Å²) in [5, 5.41) is 3.41. The number of carbonyl (C=O) groups excluding carboxylic acids is 1. The predicted molar refractivity (Wildman–Crippen MR) is 81.1 cm³/mol.